The van der Waals surface area contributed by atoms with Gasteiger partial charge in [-0.05, 0) is 50.4 Å². The molecule has 6 heteroatoms. The molecule has 29 heavy (non-hydrogen) atoms. The summed E-state index contributed by atoms with van der Waals surface area (Å²) in [5.41, 5.74) is 1.54. The first-order chi connectivity index (χ1) is 13.9. The maximum absolute atomic E-state index is 12.7. The number of nitrogens with zero attached hydrogens (tertiary/aromatic N) is 2. The van der Waals surface area contributed by atoms with Crippen molar-refractivity contribution in [1.29, 1.82) is 0 Å². The summed E-state index contributed by atoms with van der Waals surface area (Å²) in [5, 5.41) is 5.97. The van der Waals surface area contributed by atoms with Gasteiger partial charge in [-0.1, -0.05) is 39.0 Å². The molecule has 0 saturated carbocycles. The minimum atomic E-state index is -0.504. The number of aryl methyl sites for hydroxylation is 1. The highest BCUT2D eigenvalue weighted by Gasteiger charge is 2.23. The van der Waals surface area contributed by atoms with Crippen LogP contribution >= 0.6 is 0 Å². The average Bonchev–Trinajstić information content (AvgIpc) is 2.71. The van der Waals surface area contributed by atoms with Crippen molar-refractivity contribution in [3.05, 3.63) is 35.4 Å². The summed E-state index contributed by atoms with van der Waals surface area (Å²) < 4.78 is 0. The Kier molecular flexibility index (Phi) is 9.61. The van der Waals surface area contributed by atoms with Crippen molar-refractivity contribution in [2.24, 2.45) is 5.92 Å². The Hall–Kier alpha value is -1.92. The van der Waals surface area contributed by atoms with Crippen molar-refractivity contribution in [3.8, 4) is 0 Å². The van der Waals surface area contributed by atoms with E-state index in [9.17, 15) is 9.59 Å². The van der Waals surface area contributed by atoms with Crippen molar-refractivity contribution in [2.75, 3.05) is 45.8 Å². The Balaban J connectivity index is 1.79. The molecule has 2 N–H and O–H groups in total. The lowest BCUT2D eigenvalue weighted by atomic mass is 10.0. The molecule has 1 aliphatic rings. The molecule has 1 fully saturated rings. The molecule has 1 aliphatic heterocycles. The number of nitrogens with one attached hydrogen (secondary N) is 2. The van der Waals surface area contributed by atoms with E-state index in [1.54, 1.807) is 6.07 Å². The van der Waals surface area contributed by atoms with Gasteiger partial charge in [0.2, 0.25) is 5.91 Å². The predicted octanol–water partition coefficient (Wildman–Crippen LogP) is 2.28. The summed E-state index contributed by atoms with van der Waals surface area (Å²) in [7, 11) is 0. The largest absolute Gasteiger partial charge is 0.354 e. The highest BCUT2D eigenvalue weighted by atomic mass is 16.2. The fraction of sp³-hybridized carbons (Fsp3) is 0.652. The summed E-state index contributed by atoms with van der Waals surface area (Å²) >= 11 is 0. The summed E-state index contributed by atoms with van der Waals surface area (Å²) in [6.45, 7) is 15.5. The molecule has 6 nitrogen and oxygen atoms in total. The van der Waals surface area contributed by atoms with Crippen LogP contribution in [-0.4, -0.2) is 73.5 Å². The first kappa shape index (κ1) is 23.4. The number of rotatable bonds is 10. The van der Waals surface area contributed by atoms with E-state index < -0.39 is 6.04 Å². The van der Waals surface area contributed by atoms with Crippen molar-refractivity contribution in [1.82, 2.24) is 20.4 Å². The van der Waals surface area contributed by atoms with Crippen molar-refractivity contribution in [2.45, 2.75) is 46.6 Å². The lowest BCUT2D eigenvalue weighted by Gasteiger charge is -2.34. The number of amides is 2. The normalized spacial score (nSPS) is 16.6. The Morgan fingerprint density at radius 3 is 2.34 bits per heavy atom. The third kappa shape index (κ3) is 7.78. The van der Waals surface area contributed by atoms with Crippen LogP contribution in [0.1, 0.15) is 49.5 Å². The first-order valence-electron chi connectivity index (χ1n) is 11.0. The van der Waals surface area contributed by atoms with Crippen LogP contribution in [-0.2, 0) is 4.79 Å². The molecule has 1 heterocycles. The van der Waals surface area contributed by atoms with Gasteiger partial charge >= 0.3 is 0 Å². The SMILES string of the molecule is CCN1CCN(CCCNC(=O)C(CC(C)C)NC(=O)c2ccccc2C)CC1. The first-order valence-corrected chi connectivity index (χ1v) is 11.0. The van der Waals surface area contributed by atoms with E-state index in [0.29, 0.717) is 24.4 Å². The standard InChI is InChI=1S/C23H38N4O2/c1-5-26-13-15-27(16-14-26)12-8-11-24-23(29)21(17-18(2)3)25-22(28)20-10-7-6-9-19(20)4/h6-7,9-10,18,21H,5,8,11-17H2,1-4H3,(H,24,29)(H,25,28). The van der Waals surface area contributed by atoms with E-state index in [2.05, 4.69) is 41.2 Å². The van der Waals surface area contributed by atoms with E-state index >= 15 is 0 Å². The molecular weight excluding hydrogens is 364 g/mol. The van der Waals surface area contributed by atoms with Gasteiger partial charge in [-0.3, -0.25) is 9.59 Å². The van der Waals surface area contributed by atoms with Crippen LogP contribution < -0.4 is 10.6 Å². The molecule has 0 bridgehead atoms. The number of carbonyl (C=O) groups is 2. The monoisotopic (exact) mass is 402 g/mol. The minimum absolute atomic E-state index is 0.0866. The van der Waals surface area contributed by atoms with E-state index in [1.807, 2.05) is 25.1 Å². The predicted molar refractivity (Wildman–Crippen MR) is 118 cm³/mol. The van der Waals surface area contributed by atoms with Gasteiger partial charge in [0, 0.05) is 38.3 Å². The van der Waals surface area contributed by atoms with Gasteiger partial charge in [0.25, 0.3) is 5.91 Å². The number of likely N-dealkylation sites (N-methyl/N-ethyl adjacent to an activating group) is 1. The molecule has 0 aliphatic carbocycles. The lowest BCUT2D eigenvalue weighted by Crippen LogP contribution is -2.48. The lowest BCUT2D eigenvalue weighted by molar-refractivity contribution is -0.123. The van der Waals surface area contributed by atoms with Gasteiger partial charge in [0.1, 0.15) is 6.04 Å². The van der Waals surface area contributed by atoms with Crippen LogP contribution in [0.2, 0.25) is 0 Å². The van der Waals surface area contributed by atoms with E-state index in [-0.39, 0.29) is 11.8 Å². The molecule has 1 aromatic rings. The Morgan fingerprint density at radius 1 is 1.07 bits per heavy atom. The smallest absolute Gasteiger partial charge is 0.252 e. The van der Waals surface area contributed by atoms with Gasteiger partial charge in [0.15, 0.2) is 0 Å². The zero-order chi connectivity index (χ0) is 21.2. The number of hydrogen-bond acceptors (Lipinski definition) is 4. The van der Waals surface area contributed by atoms with E-state index in [0.717, 1.165) is 51.3 Å². The Bertz CT molecular complexity index is 654. The second-order valence-corrected chi connectivity index (χ2v) is 8.39. The van der Waals surface area contributed by atoms with Gasteiger partial charge in [-0.25, -0.2) is 0 Å². The van der Waals surface area contributed by atoms with Gasteiger partial charge in [0.05, 0.1) is 0 Å². The molecule has 1 saturated heterocycles. The Morgan fingerprint density at radius 2 is 1.72 bits per heavy atom. The average molecular weight is 403 g/mol. The number of hydrogen-bond donors (Lipinski definition) is 2. The van der Waals surface area contributed by atoms with Crippen LogP contribution in [0.15, 0.2) is 24.3 Å². The molecule has 1 aromatic carbocycles. The van der Waals surface area contributed by atoms with Gasteiger partial charge in [-0.15, -0.1) is 0 Å². The fourth-order valence-corrected chi connectivity index (χ4v) is 3.73. The highest BCUT2D eigenvalue weighted by Crippen LogP contribution is 2.10. The molecule has 0 radical (unpaired) electrons. The molecule has 2 rings (SSSR count). The van der Waals surface area contributed by atoms with E-state index in [4.69, 9.17) is 0 Å². The van der Waals surface area contributed by atoms with Crippen LogP contribution in [0.3, 0.4) is 0 Å². The maximum atomic E-state index is 12.7. The van der Waals surface area contributed by atoms with Crippen molar-refractivity contribution in [3.63, 3.8) is 0 Å². The maximum Gasteiger partial charge on any atom is 0.252 e. The summed E-state index contributed by atoms with van der Waals surface area (Å²) in [6.07, 6.45) is 1.56. The summed E-state index contributed by atoms with van der Waals surface area (Å²) in [5.74, 6) is 0.0481. The second kappa shape index (κ2) is 11.9. The highest BCUT2D eigenvalue weighted by molar-refractivity contribution is 5.98. The van der Waals surface area contributed by atoms with Crippen LogP contribution in [0.25, 0.3) is 0 Å². The minimum Gasteiger partial charge on any atom is -0.354 e. The third-order valence-corrected chi connectivity index (χ3v) is 5.58. The fourth-order valence-electron chi connectivity index (χ4n) is 3.73. The molecular formula is C23H38N4O2. The van der Waals surface area contributed by atoms with Crippen LogP contribution in [0.4, 0.5) is 0 Å². The van der Waals surface area contributed by atoms with E-state index in [1.165, 1.54) is 0 Å². The summed E-state index contributed by atoms with van der Waals surface area (Å²) in [6, 6.07) is 6.96. The zero-order valence-corrected chi connectivity index (χ0v) is 18.5. The van der Waals surface area contributed by atoms with Gasteiger partial charge < -0.3 is 20.4 Å². The zero-order valence-electron chi connectivity index (χ0n) is 18.5. The number of benzene rings is 1. The molecule has 2 amide bonds. The second-order valence-electron chi connectivity index (χ2n) is 8.39. The van der Waals surface area contributed by atoms with Crippen molar-refractivity contribution >= 4 is 11.8 Å². The summed E-state index contributed by atoms with van der Waals surface area (Å²) in [4.78, 5) is 30.3. The Labute approximate surface area is 176 Å². The number of piperazine rings is 1. The van der Waals surface area contributed by atoms with Gasteiger partial charge in [-0.2, -0.15) is 0 Å². The third-order valence-electron chi connectivity index (χ3n) is 5.58. The molecule has 0 spiro atoms. The van der Waals surface area contributed by atoms with Crippen molar-refractivity contribution < 1.29 is 9.59 Å². The van der Waals surface area contributed by atoms with Crippen LogP contribution in [0.5, 0.6) is 0 Å². The molecule has 1 atom stereocenters. The topological polar surface area (TPSA) is 64.7 Å². The molecule has 0 aromatic heterocycles. The number of carbonyl (C=O) groups excluding carboxylic acids is 2. The molecule has 162 valence electrons. The molecule has 1 unspecified atom stereocenters. The van der Waals surface area contributed by atoms with Crippen LogP contribution in [0, 0.1) is 12.8 Å². The quantitative estimate of drug-likeness (QED) is 0.590.